The fourth-order valence-electron chi connectivity index (χ4n) is 7.82. The van der Waals surface area contributed by atoms with Crippen molar-refractivity contribution in [1.29, 1.82) is 0 Å². The monoisotopic (exact) mass is 940 g/mol. The largest absolute Gasteiger partial charge is 0.497 e. The second kappa shape index (κ2) is 21.2. The van der Waals surface area contributed by atoms with Crippen molar-refractivity contribution < 1.29 is 60.5 Å². The van der Waals surface area contributed by atoms with Gasteiger partial charge in [0.05, 0.1) is 29.5 Å². The molecule has 0 radical (unpaired) electrons. The number of alkyl carbamates (subject to hydrolysis) is 1. The van der Waals surface area contributed by atoms with E-state index < -0.39 is 89.0 Å². The molecule has 2 aliphatic heterocycles. The van der Waals surface area contributed by atoms with E-state index in [4.69, 9.17) is 18.9 Å². The number of amides is 5. The van der Waals surface area contributed by atoms with Crippen molar-refractivity contribution >= 4 is 56.4 Å². The van der Waals surface area contributed by atoms with Crippen molar-refractivity contribution in [3.05, 3.63) is 114 Å². The number of sulfone groups is 1. The number of aromatic nitrogens is 1. The average Bonchev–Trinajstić information content (AvgIpc) is 3.67. The van der Waals surface area contributed by atoms with E-state index in [0.29, 0.717) is 39.0 Å². The minimum atomic E-state index is -3.91. The van der Waals surface area contributed by atoms with Gasteiger partial charge in [-0.2, -0.15) is 0 Å². The number of hydrogen-bond acceptors (Lipinski definition) is 12. The number of methoxy groups -OCH3 is 1. The predicted octanol–water partition coefficient (Wildman–Crippen LogP) is 3.81. The van der Waals surface area contributed by atoms with Gasteiger partial charge in [-0.3, -0.25) is 24.0 Å². The summed E-state index contributed by atoms with van der Waals surface area (Å²) in [6.45, 7) is 0.847. The maximum atomic E-state index is 14.1. The SMILES string of the molecule is CCNC(=O)C(CCCNC(=O)OCc1ccccc1)NC(=O)CC1C(NC(=O)COc2ccc3c(c2)S(=O)(=O)Cc2c-3[nH]c3ccc(F)cc23)C(=O)N1CC(=O)OCc1ccc(OC)cc1. The number of H-pyrrole nitrogens is 1. The third-order valence-electron chi connectivity index (χ3n) is 11.2. The van der Waals surface area contributed by atoms with Crippen LogP contribution < -0.4 is 30.7 Å². The Kier molecular flexibility index (Phi) is 15.0. The van der Waals surface area contributed by atoms with E-state index >= 15 is 0 Å². The van der Waals surface area contributed by atoms with Crippen LogP contribution in [0.4, 0.5) is 9.18 Å². The zero-order valence-corrected chi connectivity index (χ0v) is 37.4. The Morgan fingerprint density at radius 3 is 2.36 bits per heavy atom. The third kappa shape index (κ3) is 11.7. The molecule has 4 aromatic carbocycles. The van der Waals surface area contributed by atoms with E-state index in [1.54, 1.807) is 31.2 Å². The first kappa shape index (κ1) is 47.5. The molecule has 5 aromatic rings. The van der Waals surface area contributed by atoms with Gasteiger partial charge in [0.25, 0.3) is 5.91 Å². The topological polar surface area (TPSA) is 241 Å². The highest BCUT2D eigenvalue weighted by molar-refractivity contribution is 7.91. The molecule has 20 heteroatoms. The van der Waals surface area contributed by atoms with Crippen molar-refractivity contribution in [3.63, 3.8) is 0 Å². The highest BCUT2D eigenvalue weighted by atomic mass is 32.2. The number of nitrogens with zero attached hydrogens (tertiary/aromatic N) is 1. The molecule has 67 heavy (non-hydrogen) atoms. The van der Waals surface area contributed by atoms with Gasteiger partial charge in [0.15, 0.2) is 16.4 Å². The summed E-state index contributed by atoms with van der Waals surface area (Å²) in [5.74, 6) is -3.67. The van der Waals surface area contributed by atoms with Crippen LogP contribution >= 0.6 is 0 Å². The number of ether oxygens (including phenoxy) is 4. The van der Waals surface area contributed by atoms with Crippen LogP contribution in [0.2, 0.25) is 0 Å². The van der Waals surface area contributed by atoms with E-state index in [0.717, 1.165) is 10.5 Å². The summed E-state index contributed by atoms with van der Waals surface area (Å²) in [5, 5.41) is 11.0. The number of hydrogen-bond donors (Lipinski definition) is 5. The average molecular weight is 941 g/mol. The number of benzene rings is 4. The quantitative estimate of drug-likeness (QED) is 0.0426. The van der Waals surface area contributed by atoms with Gasteiger partial charge in [-0.05, 0) is 79.4 Å². The Morgan fingerprint density at radius 1 is 0.881 bits per heavy atom. The van der Waals surface area contributed by atoms with Crippen LogP contribution in [0.1, 0.15) is 42.9 Å². The number of nitrogens with one attached hydrogen (secondary N) is 5. The lowest BCUT2D eigenvalue weighted by atomic mass is 9.91. The molecule has 1 aromatic heterocycles. The summed E-state index contributed by atoms with van der Waals surface area (Å²) in [7, 11) is -2.39. The maximum absolute atomic E-state index is 14.1. The predicted molar refractivity (Wildman–Crippen MR) is 239 cm³/mol. The zero-order chi connectivity index (χ0) is 47.7. The number of likely N-dealkylation sites (N-methyl/N-ethyl adjacent to an activating group) is 1. The molecule has 5 N–H and O–H groups in total. The van der Waals surface area contributed by atoms with E-state index in [1.807, 2.05) is 30.3 Å². The summed E-state index contributed by atoms with van der Waals surface area (Å²) in [5.41, 5.74) is 3.34. The molecule has 7 rings (SSSR count). The molecular formula is C47H49FN6O12S. The fraction of sp³-hybridized carbons (Fsp3) is 0.319. The number of β-lactam (4-membered cyclic amide) rings is 1. The van der Waals surface area contributed by atoms with E-state index in [9.17, 15) is 41.6 Å². The number of carbonyl (C=O) groups is 6. The second-order valence-electron chi connectivity index (χ2n) is 15.8. The van der Waals surface area contributed by atoms with Crippen molar-refractivity contribution in [2.75, 3.05) is 33.4 Å². The second-order valence-corrected chi connectivity index (χ2v) is 17.8. The Hall–Kier alpha value is -7.48. The molecule has 0 aliphatic carbocycles. The van der Waals surface area contributed by atoms with E-state index in [2.05, 4.69) is 26.3 Å². The zero-order valence-electron chi connectivity index (χ0n) is 36.6. The Bertz CT molecular complexity index is 2770. The van der Waals surface area contributed by atoms with Crippen molar-refractivity contribution in [1.82, 2.24) is 31.2 Å². The number of rotatable bonds is 20. The molecule has 3 heterocycles. The van der Waals surface area contributed by atoms with Crippen molar-refractivity contribution in [2.24, 2.45) is 0 Å². The standard InChI is InChI=1S/C47H49FN6O12S/c1-3-49-45(58)37(10-7-19-50-47(60)66-25-28-8-5-4-6-9-28)51-40(55)22-38-44(46(59)54(38)23-42(57)65-24-29-11-14-31(63-2)15-12-29)53-41(56)26-64-32-16-17-33-39(21-32)67(61,62)27-35-34-20-30(48)13-18-36(34)52-43(33)35/h4-6,8-9,11-18,20-21,37-38,44,52H,3,7,10,19,22-27H2,1-2H3,(H,49,58)(H,50,60)(H,51,55)(H,53,56). The molecule has 1 fully saturated rings. The van der Waals surface area contributed by atoms with Gasteiger partial charge in [-0.1, -0.05) is 42.5 Å². The van der Waals surface area contributed by atoms with Gasteiger partial charge in [0.2, 0.25) is 17.7 Å². The maximum Gasteiger partial charge on any atom is 0.407 e. The van der Waals surface area contributed by atoms with Crippen LogP contribution in [-0.2, 0) is 62.3 Å². The lowest BCUT2D eigenvalue weighted by molar-refractivity contribution is -0.164. The molecular weight excluding hydrogens is 892 g/mol. The highest BCUT2D eigenvalue weighted by Gasteiger charge is 2.50. The van der Waals surface area contributed by atoms with Crippen molar-refractivity contribution in [3.8, 4) is 22.8 Å². The van der Waals surface area contributed by atoms with Crippen LogP contribution in [0.15, 0.2) is 95.9 Å². The molecule has 3 unspecified atom stereocenters. The minimum Gasteiger partial charge on any atom is -0.497 e. The molecule has 0 bridgehead atoms. The molecule has 3 atom stereocenters. The third-order valence-corrected chi connectivity index (χ3v) is 12.9. The fourth-order valence-corrected chi connectivity index (χ4v) is 9.46. The number of fused-ring (bicyclic) bond motifs is 5. The molecule has 0 saturated carbocycles. The summed E-state index contributed by atoms with van der Waals surface area (Å²) < 4.78 is 62.4. The summed E-state index contributed by atoms with van der Waals surface area (Å²) in [6.07, 6.45) is -0.699. The lowest BCUT2D eigenvalue weighted by Gasteiger charge is -2.46. The summed E-state index contributed by atoms with van der Waals surface area (Å²) >= 11 is 0. The van der Waals surface area contributed by atoms with Gasteiger partial charge < -0.3 is 50.1 Å². The first-order valence-corrected chi connectivity index (χ1v) is 23.1. The molecule has 5 amide bonds. The van der Waals surface area contributed by atoms with Gasteiger partial charge >= 0.3 is 12.1 Å². The van der Waals surface area contributed by atoms with Crippen LogP contribution in [0.25, 0.3) is 22.2 Å². The van der Waals surface area contributed by atoms with Crippen LogP contribution in [0.5, 0.6) is 11.5 Å². The first-order valence-electron chi connectivity index (χ1n) is 21.4. The summed E-state index contributed by atoms with van der Waals surface area (Å²) in [6, 6.07) is 20.9. The Balaban J connectivity index is 0.985. The van der Waals surface area contributed by atoms with Gasteiger partial charge in [0, 0.05) is 41.5 Å². The van der Waals surface area contributed by atoms with Crippen LogP contribution in [-0.4, -0.2) is 105 Å². The number of aromatic amines is 1. The normalized spacial score (nSPS) is 16.0. The number of halogens is 1. The molecule has 0 spiro atoms. The van der Waals surface area contributed by atoms with Gasteiger partial charge in [-0.15, -0.1) is 0 Å². The Labute approximate surface area is 384 Å². The van der Waals surface area contributed by atoms with Gasteiger partial charge in [-0.25, -0.2) is 17.6 Å². The van der Waals surface area contributed by atoms with E-state index in [-0.39, 0.29) is 55.5 Å². The molecule has 352 valence electrons. The number of likely N-dealkylation sites (tertiary alicyclic amines) is 1. The minimum absolute atomic E-state index is 0.0378. The molecule has 2 aliphatic rings. The summed E-state index contributed by atoms with van der Waals surface area (Å²) in [4.78, 5) is 83.1. The molecule has 1 saturated heterocycles. The van der Waals surface area contributed by atoms with Crippen LogP contribution in [0.3, 0.4) is 0 Å². The van der Waals surface area contributed by atoms with Crippen molar-refractivity contribution in [2.45, 2.75) is 68.2 Å². The Morgan fingerprint density at radius 2 is 1.61 bits per heavy atom. The smallest absolute Gasteiger partial charge is 0.407 e. The first-order chi connectivity index (χ1) is 32.2. The highest BCUT2D eigenvalue weighted by Crippen LogP contribution is 2.42. The number of carbonyl (C=O) groups excluding carboxylic acids is 6. The van der Waals surface area contributed by atoms with Gasteiger partial charge in [0.1, 0.15) is 49.2 Å². The van der Waals surface area contributed by atoms with E-state index in [1.165, 1.54) is 43.5 Å². The number of esters is 1. The molecule has 18 nitrogen and oxygen atoms in total. The lowest BCUT2D eigenvalue weighted by Crippen LogP contribution is -2.72. The van der Waals surface area contributed by atoms with Crippen LogP contribution in [0, 0.1) is 5.82 Å².